The largest absolute Gasteiger partial charge is 0.435 e. The molecule has 0 bridgehead atoms. The van der Waals surface area contributed by atoms with E-state index in [1.165, 1.54) is 12.1 Å². The second kappa shape index (κ2) is 9.15. The number of amides is 1. The average molecular weight is 365 g/mol. The maximum absolute atomic E-state index is 12.7. The molecule has 0 spiro atoms. The third-order valence-electron chi connectivity index (χ3n) is 4.11. The summed E-state index contributed by atoms with van der Waals surface area (Å²) in [5, 5.41) is 3.21. The molecule has 8 heteroatoms. The molecule has 1 fully saturated rings. The molecule has 136 valence electrons. The zero-order valence-electron chi connectivity index (χ0n) is 13.8. The first-order valence-corrected chi connectivity index (χ1v) is 7.52. The number of alkyl halides is 2. The van der Waals surface area contributed by atoms with Crippen LogP contribution in [0.25, 0.3) is 0 Å². The number of hydrogen-bond acceptors (Lipinski definition) is 4. The van der Waals surface area contributed by atoms with Crippen LogP contribution in [0.3, 0.4) is 0 Å². The summed E-state index contributed by atoms with van der Waals surface area (Å²) in [4.78, 5) is 14.3. The number of benzene rings is 1. The van der Waals surface area contributed by atoms with Gasteiger partial charge in [-0.3, -0.25) is 4.79 Å². The van der Waals surface area contributed by atoms with Gasteiger partial charge in [0, 0.05) is 20.7 Å². The quantitative estimate of drug-likeness (QED) is 0.842. The van der Waals surface area contributed by atoms with Gasteiger partial charge in [-0.05, 0) is 43.6 Å². The molecule has 2 rings (SSSR count). The van der Waals surface area contributed by atoms with E-state index in [9.17, 15) is 13.6 Å². The van der Waals surface area contributed by atoms with E-state index in [-0.39, 0.29) is 24.1 Å². The maximum Gasteiger partial charge on any atom is 0.387 e. The van der Waals surface area contributed by atoms with Gasteiger partial charge >= 0.3 is 6.61 Å². The van der Waals surface area contributed by atoms with Crippen LogP contribution in [-0.2, 0) is 16.1 Å². The summed E-state index contributed by atoms with van der Waals surface area (Å²) >= 11 is 0. The number of piperidine rings is 1. The number of carbonyl (C=O) groups is 1. The minimum atomic E-state index is -2.84. The van der Waals surface area contributed by atoms with Crippen LogP contribution in [0.2, 0.25) is 0 Å². The summed E-state index contributed by atoms with van der Waals surface area (Å²) in [5.41, 5.74) is 0.0568. The Morgan fingerprint density at radius 1 is 1.29 bits per heavy atom. The SMILES string of the molecule is COC1(C(=O)N(C)Cc2ccc(OC(F)F)cc2)CCNCC1.Cl. The molecule has 1 aromatic rings. The van der Waals surface area contributed by atoms with Gasteiger partial charge in [0.15, 0.2) is 0 Å². The molecule has 1 saturated heterocycles. The predicted octanol–water partition coefficient (Wildman–Crippen LogP) is 2.44. The number of halogens is 3. The third-order valence-corrected chi connectivity index (χ3v) is 4.11. The first-order valence-electron chi connectivity index (χ1n) is 7.52. The molecule has 0 radical (unpaired) electrons. The lowest BCUT2D eigenvalue weighted by Gasteiger charge is -2.37. The molecule has 1 heterocycles. The predicted molar refractivity (Wildman–Crippen MR) is 88.6 cm³/mol. The molecule has 1 amide bonds. The molecule has 5 nitrogen and oxygen atoms in total. The highest BCUT2D eigenvalue weighted by Gasteiger charge is 2.41. The molecule has 1 aliphatic rings. The van der Waals surface area contributed by atoms with E-state index in [4.69, 9.17) is 4.74 Å². The van der Waals surface area contributed by atoms with Crippen LogP contribution < -0.4 is 10.1 Å². The van der Waals surface area contributed by atoms with Gasteiger partial charge in [-0.1, -0.05) is 12.1 Å². The Morgan fingerprint density at radius 2 is 1.88 bits per heavy atom. The lowest BCUT2D eigenvalue weighted by molar-refractivity contribution is -0.157. The van der Waals surface area contributed by atoms with Gasteiger partial charge in [-0.2, -0.15) is 8.78 Å². The second-order valence-electron chi connectivity index (χ2n) is 5.63. The molecule has 1 aromatic carbocycles. The van der Waals surface area contributed by atoms with Gasteiger partial charge in [0.25, 0.3) is 5.91 Å². The van der Waals surface area contributed by atoms with Crippen molar-refractivity contribution < 1.29 is 23.0 Å². The van der Waals surface area contributed by atoms with Gasteiger partial charge < -0.3 is 19.7 Å². The molecule has 1 aliphatic heterocycles. The Labute approximate surface area is 146 Å². The van der Waals surface area contributed by atoms with Crippen molar-refractivity contribution in [1.29, 1.82) is 0 Å². The van der Waals surface area contributed by atoms with E-state index >= 15 is 0 Å². The Morgan fingerprint density at radius 3 is 2.38 bits per heavy atom. The van der Waals surface area contributed by atoms with Crippen molar-refractivity contribution in [2.75, 3.05) is 27.2 Å². The average Bonchev–Trinajstić information content (AvgIpc) is 2.56. The summed E-state index contributed by atoms with van der Waals surface area (Å²) in [6, 6.07) is 6.28. The summed E-state index contributed by atoms with van der Waals surface area (Å²) in [6.45, 7) is -0.974. The Bertz CT molecular complexity index is 523. The van der Waals surface area contributed by atoms with Gasteiger partial charge in [0.2, 0.25) is 0 Å². The number of ether oxygens (including phenoxy) is 2. The van der Waals surface area contributed by atoms with E-state index in [0.29, 0.717) is 19.4 Å². The maximum atomic E-state index is 12.7. The standard InChI is InChI=1S/C16H22F2N2O3.ClH/c1-20(14(21)16(22-2)7-9-19-10-8-16)11-12-3-5-13(6-4-12)23-15(17)18;/h3-6,15,19H,7-11H2,1-2H3;1H. The van der Waals surface area contributed by atoms with Crippen LogP contribution in [0.15, 0.2) is 24.3 Å². The number of methoxy groups -OCH3 is 1. The van der Waals surface area contributed by atoms with E-state index in [1.54, 1.807) is 31.2 Å². The van der Waals surface area contributed by atoms with Gasteiger partial charge in [0.05, 0.1) is 0 Å². The zero-order valence-corrected chi connectivity index (χ0v) is 14.6. The van der Waals surface area contributed by atoms with Crippen molar-refractivity contribution in [3.63, 3.8) is 0 Å². The zero-order chi connectivity index (χ0) is 16.9. The lowest BCUT2D eigenvalue weighted by Crippen LogP contribution is -2.54. The highest BCUT2D eigenvalue weighted by atomic mass is 35.5. The van der Waals surface area contributed by atoms with Crippen molar-refractivity contribution in [2.45, 2.75) is 31.6 Å². The number of rotatable bonds is 6. The molecular formula is C16H23ClF2N2O3. The Balaban J connectivity index is 0.00000288. The van der Waals surface area contributed by atoms with E-state index in [0.717, 1.165) is 18.7 Å². The van der Waals surface area contributed by atoms with E-state index in [1.807, 2.05) is 0 Å². The number of hydrogen-bond donors (Lipinski definition) is 1. The molecule has 0 atom stereocenters. The van der Waals surface area contributed by atoms with Gasteiger partial charge in [-0.25, -0.2) is 0 Å². The molecule has 24 heavy (non-hydrogen) atoms. The summed E-state index contributed by atoms with van der Waals surface area (Å²) in [6.07, 6.45) is 1.27. The minimum Gasteiger partial charge on any atom is -0.435 e. The molecule has 0 unspecified atom stereocenters. The topological polar surface area (TPSA) is 50.8 Å². The van der Waals surface area contributed by atoms with Crippen LogP contribution in [0, 0.1) is 0 Å². The number of nitrogens with zero attached hydrogens (tertiary/aromatic N) is 1. The Kier molecular flexibility index (Phi) is 7.86. The molecule has 0 aromatic heterocycles. The van der Waals surface area contributed by atoms with Crippen molar-refractivity contribution in [1.82, 2.24) is 10.2 Å². The monoisotopic (exact) mass is 364 g/mol. The van der Waals surface area contributed by atoms with E-state index in [2.05, 4.69) is 10.1 Å². The molecule has 0 saturated carbocycles. The van der Waals surface area contributed by atoms with Crippen LogP contribution in [0.5, 0.6) is 5.75 Å². The van der Waals surface area contributed by atoms with Crippen LogP contribution in [0.1, 0.15) is 18.4 Å². The van der Waals surface area contributed by atoms with Crippen molar-refractivity contribution in [2.24, 2.45) is 0 Å². The summed E-state index contributed by atoms with van der Waals surface area (Å²) in [5.74, 6) is 0.0406. The highest BCUT2D eigenvalue weighted by molar-refractivity contribution is 5.85. The third kappa shape index (κ3) is 5.03. The van der Waals surface area contributed by atoms with Crippen LogP contribution in [-0.4, -0.2) is 50.3 Å². The molecular weight excluding hydrogens is 342 g/mol. The minimum absolute atomic E-state index is 0. The number of nitrogens with one attached hydrogen (secondary N) is 1. The van der Waals surface area contributed by atoms with Crippen LogP contribution >= 0.6 is 12.4 Å². The fraction of sp³-hybridized carbons (Fsp3) is 0.562. The number of likely N-dealkylation sites (N-methyl/N-ethyl adjacent to an activating group) is 1. The Hall–Kier alpha value is -1.44. The molecule has 0 aliphatic carbocycles. The highest BCUT2D eigenvalue weighted by Crippen LogP contribution is 2.25. The lowest BCUT2D eigenvalue weighted by atomic mass is 9.90. The van der Waals surface area contributed by atoms with Crippen molar-refractivity contribution >= 4 is 18.3 Å². The number of carbonyl (C=O) groups excluding carboxylic acids is 1. The van der Waals surface area contributed by atoms with Crippen molar-refractivity contribution in [3.8, 4) is 5.75 Å². The summed E-state index contributed by atoms with van der Waals surface area (Å²) in [7, 11) is 3.28. The fourth-order valence-electron chi connectivity index (χ4n) is 2.81. The van der Waals surface area contributed by atoms with Gasteiger partial charge in [0.1, 0.15) is 11.4 Å². The first-order chi connectivity index (χ1) is 11.0. The van der Waals surface area contributed by atoms with Crippen molar-refractivity contribution in [3.05, 3.63) is 29.8 Å². The van der Waals surface area contributed by atoms with E-state index < -0.39 is 12.2 Å². The molecule has 1 N–H and O–H groups in total. The van der Waals surface area contributed by atoms with Gasteiger partial charge in [-0.15, -0.1) is 12.4 Å². The summed E-state index contributed by atoms with van der Waals surface area (Å²) < 4.78 is 34.1. The normalized spacial score (nSPS) is 16.4. The second-order valence-corrected chi connectivity index (χ2v) is 5.63. The smallest absolute Gasteiger partial charge is 0.387 e. The first kappa shape index (κ1) is 20.6. The fourth-order valence-corrected chi connectivity index (χ4v) is 2.81. The van der Waals surface area contributed by atoms with Crippen LogP contribution in [0.4, 0.5) is 8.78 Å².